The van der Waals surface area contributed by atoms with Crippen molar-refractivity contribution in [3.8, 4) is 0 Å². The van der Waals surface area contributed by atoms with Crippen LogP contribution >= 0.6 is 0 Å². The molecule has 0 aromatic rings. The van der Waals surface area contributed by atoms with Crippen LogP contribution in [-0.2, 0) is 4.79 Å². The van der Waals surface area contributed by atoms with E-state index in [4.69, 9.17) is 0 Å². The molecule has 0 unspecified atom stereocenters. The number of hydrogen-bond acceptors (Lipinski definition) is 2. The van der Waals surface area contributed by atoms with Crippen LogP contribution in [0.1, 0.15) is 39.5 Å². The SMILES string of the molecule is CCCCN(C)CC(=O)CCC. The summed E-state index contributed by atoms with van der Waals surface area (Å²) < 4.78 is 0. The third kappa shape index (κ3) is 6.35. The maximum absolute atomic E-state index is 11.2. The molecule has 0 aromatic heterocycles. The third-order valence-electron chi connectivity index (χ3n) is 1.87. The van der Waals surface area contributed by atoms with Gasteiger partial charge in [-0.15, -0.1) is 0 Å². The summed E-state index contributed by atoms with van der Waals surface area (Å²) in [5.41, 5.74) is 0. The van der Waals surface area contributed by atoms with Gasteiger partial charge in [0.1, 0.15) is 5.78 Å². The molecule has 0 amide bonds. The van der Waals surface area contributed by atoms with E-state index in [9.17, 15) is 4.79 Å². The van der Waals surface area contributed by atoms with Gasteiger partial charge in [-0.3, -0.25) is 9.69 Å². The smallest absolute Gasteiger partial charge is 0.146 e. The first-order valence-electron chi connectivity index (χ1n) is 4.91. The zero-order chi connectivity index (χ0) is 9.40. The Hall–Kier alpha value is -0.370. The van der Waals surface area contributed by atoms with Crippen molar-refractivity contribution in [2.45, 2.75) is 39.5 Å². The summed E-state index contributed by atoms with van der Waals surface area (Å²) in [4.78, 5) is 13.3. The van der Waals surface area contributed by atoms with Crippen molar-refractivity contribution in [1.82, 2.24) is 4.90 Å². The van der Waals surface area contributed by atoms with Crippen molar-refractivity contribution < 1.29 is 4.79 Å². The summed E-state index contributed by atoms with van der Waals surface area (Å²) in [5.74, 6) is 0.371. The molecule has 12 heavy (non-hydrogen) atoms. The second-order valence-electron chi connectivity index (χ2n) is 3.38. The molecule has 0 rings (SSSR count). The van der Waals surface area contributed by atoms with Crippen LogP contribution in [0.25, 0.3) is 0 Å². The van der Waals surface area contributed by atoms with E-state index >= 15 is 0 Å². The molecule has 0 atom stereocenters. The number of hydrogen-bond donors (Lipinski definition) is 0. The molecule has 0 aliphatic rings. The molecule has 0 heterocycles. The Bertz CT molecular complexity index is 123. The molecular formula is C10H21NO. The fourth-order valence-electron chi connectivity index (χ4n) is 1.17. The third-order valence-corrected chi connectivity index (χ3v) is 1.87. The lowest BCUT2D eigenvalue weighted by Crippen LogP contribution is -2.26. The summed E-state index contributed by atoms with van der Waals surface area (Å²) in [7, 11) is 2.02. The van der Waals surface area contributed by atoms with E-state index in [1.165, 1.54) is 12.8 Å². The summed E-state index contributed by atoms with van der Waals surface area (Å²) in [6, 6.07) is 0. The Balaban J connectivity index is 3.40. The highest BCUT2D eigenvalue weighted by atomic mass is 16.1. The fourth-order valence-corrected chi connectivity index (χ4v) is 1.17. The van der Waals surface area contributed by atoms with Crippen molar-refractivity contribution in [2.75, 3.05) is 20.1 Å². The van der Waals surface area contributed by atoms with Gasteiger partial charge in [-0.2, -0.15) is 0 Å². The van der Waals surface area contributed by atoms with Gasteiger partial charge in [0.25, 0.3) is 0 Å². The van der Waals surface area contributed by atoms with Crippen LogP contribution in [0.3, 0.4) is 0 Å². The van der Waals surface area contributed by atoms with Crippen LogP contribution in [0.15, 0.2) is 0 Å². The summed E-state index contributed by atoms with van der Waals surface area (Å²) in [6.45, 7) is 5.89. The van der Waals surface area contributed by atoms with Crippen LogP contribution in [0, 0.1) is 0 Å². The number of nitrogens with zero attached hydrogens (tertiary/aromatic N) is 1. The number of rotatable bonds is 7. The van der Waals surface area contributed by atoms with Crippen LogP contribution in [0.4, 0.5) is 0 Å². The molecule has 0 saturated heterocycles. The number of carbonyl (C=O) groups excluding carboxylic acids is 1. The lowest BCUT2D eigenvalue weighted by atomic mass is 10.2. The highest BCUT2D eigenvalue weighted by Crippen LogP contribution is 1.95. The highest BCUT2D eigenvalue weighted by molar-refractivity contribution is 5.80. The van der Waals surface area contributed by atoms with Gasteiger partial charge >= 0.3 is 0 Å². The van der Waals surface area contributed by atoms with Crippen molar-refractivity contribution in [3.63, 3.8) is 0 Å². The van der Waals surface area contributed by atoms with Gasteiger partial charge in [-0.25, -0.2) is 0 Å². The molecule has 2 nitrogen and oxygen atoms in total. The Labute approximate surface area is 75.9 Å². The molecule has 0 aliphatic carbocycles. The van der Waals surface area contributed by atoms with Gasteiger partial charge in [0, 0.05) is 6.42 Å². The maximum Gasteiger partial charge on any atom is 0.146 e. The Morgan fingerprint density at radius 3 is 2.42 bits per heavy atom. The van der Waals surface area contributed by atoms with Gasteiger partial charge < -0.3 is 0 Å². The molecule has 2 heteroatoms. The van der Waals surface area contributed by atoms with Crippen LogP contribution in [0.2, 0.25) is 0 Å². The van der Waals surface area contributed by atoms with E-state index in [-0.39, 0.29) is 0 Å². The first kappa shape index (κ1) is 11.6. The van der Waals surface area contributed by atoms with Crippen molar-refractivity contribution in [3.05, 3.63) is 0 Å². The summed E-state index contributed by atoms with van der Waals surface area (Å²) in [5, 5.41) is 0. The summed E-state index contributed by atoms with van der Waals surface area (Å²) in [6.07, 6.45) is 4.10. The molecule has 0 fully saturated rings. The minimum Gasteiger partial charge on any atom is -0.299 e. The monoisotopic (exact) mass is 171 g/mol. The zero-order valence-electron chi connectivity index (χ0n) is 8.60. The quantitative estimate of drug-likeness (QED) is 0.584. The normalized spacial score (nSPS) is 10.7. The van der Waals surface area contributed by atoms with Crippen molar-refractivity contribution in [2.24, 2.45) is 0 Å². The number of ketones is 1. The van der Waals surface area contributed by atoms with Crippen molar-refractivity contribution >= 4 is 5.78 Å². The summed E-state index contributed by atoms with van der Waals surface area (Å²) >= 11 is 0. The number of unbranched alkanes of at least 4 members (excludes halogenated alkanes) is 1. The Morgan fingerprint density at radius 2 is 1.92 bits per heavy atom. The Kier molecular flexibility index (Phi) is 7.06. The van der Waals surface area contributed by atoms with E-state index in [0.717, 1.165) is 19.4 Å². The van der Waals surface area contributed by atoms with Gasteiger partial charge in [0.15, 0.2) is 0 Å². The first-order chi connectivity index (χ1) is 5.70. The van der Waals surface area contributed by atoms with Crippen molar-refractivity contribution in [1.29, 1.82) is 0 Å². The van der Waals surface area contributed by atoms with Gasteiger partial charge in [-0.05, 0) is 26.4 Å². The maximum atomic E-state index is 11.2. The number of carbonyl (C=O) groups is 1. The molecule has 0 spiro atoms. The van der Waals surface area contributed by atoms with Crippen LogP contribution in [-0.4, -0.2) is 30.8 Å². The largest absolute Gasteiger partial charge is 0.299 e. The zero-order valence-corrected chi connectivity index (χ0v) is 8.60. The van der Waals surface area contributed by atoms with Gasteiger partial charge in [0.05, 0.1) is 6.54 Å². The first-order valence-corrected chi connectivity index (χ1v) is 4.91. The lowest BCUT2D eigenvalue weighted by molar-refractivity contribution is -0.119. The van der Waals surface area contributed by atoms with E-state index < -0.39 is 0 Å². The molecule has 0 aromatic carbocycles. The van der Waals surface area contributed by atoms with Crippen LogP contribution < -0.4 is 0 Å². The second-order valence-corrected chi connectivity index (χ2v) is 3.38. The average molecular weight is 171 g/mol. The predicted octanol–water partition coefficient (Wildman–Crippen LogP) is 2.09. The van der Waals surface area contributed by atoms with E-state index in [2.05, 4.69) is 11.8 Å². The minimum atomic E-state index is 0.371. The average Bonchev–Trinajstić information content (AvgIpc) is 2.01. The molecule has 0 N–H and O–H groups in total. The lowest BCUT2D eigenvalue weighted by Gasteiger charge is -2.14. The van der Waals surface area contributed by atoms with E-state index in [0.29, 0.717) is 12.3 Å². The molecule has 0 saturated carbocycles. The topological polar surface area (TPSA) is 20.3 Å². The van der Waals surface area contributed by atoms with E-state index in [1.807, 2.05) is 14.0 Å². The predicted molar refractivity (Wildman–Crippen MR) is 52.3 cm³/mol. The molecular weight excluding hydrogens is 150 g/mol. The van der Waals surface area contributed by atoms with Gasteiger partial charge in [-0.1, -0.05) is 20.3 Å². The highest BCUT2D eigenvalue weighted by Gasteiger charge is 2.03. The van der Waals surface area contributed by atoms with Gasteiger partial charge in [0.2, 0.25) is 0 Å². The van der Waals surface area contributed by atoms with Crippen LogP contribution in [0.5, 0.6) is 0 Å². The molecule has 72 valence electrons. The molecule has 0 radical (unpaired) electrons. The molecule has 0 aliphatic heterocycles. The number of Topliss-reactive ketones (excluding diaryl/α,β-unsaturated/α-hetero) is 1. The fraction of sp³-hybridized carbons (Fsp3) is 0.900. The standard InChI is InChI=1S/C10H21NO/c1-4-6-8-11(3)9-10(12)7-5-2/h4-9H2,1-3H3. The van der Waals surface area contributed by atoms with E-state index in [1.54, 1.807) is 0 Å². The molecule has 0 bridgehead atoms. The minimum absolute atomic E-state index is 0.371. The number of likely N-dealkylation sites (N-methyl/N-ethyl adjacent to an activating group) is 1. The second kappa shape index (κ2) is 7.29. The Morgan fingerprint density at radius 1 is 1.25 bits per heavy atom.